The number of rotatable bonds is 7. The second-order valence-corrected chi connectivity index (χ2v) is 6.56. The molecule has 0 spiro atoms. The summed E-state index contributed by atoms with van der Waals surface area (Å²) in [6.45, 7) is 0. The molecule has 0 unspecified atom stereocenters. The van der Waals surface area contributed by atoms with Crippen LogP contribution in [-0.2, 0) is 11.2 Å². The molecule has 31 heavy (non-hydrogen) atoms. The highest BCUT2D eigenvalue weighted by Gasteiger charge is 2.32. The van der Waals surface area contributed by atoms with Crippen LogP contribution in [0.1, 0.15) is 16.2 Å². The molecule has 0 aliphatic heterocycles. The molecule has 6 nitrogen and oxygen atoms in total. The summed E-state index contributed by atoms with van der Waals surface area (Å²) >= 11 is 5.40. The molecule has 3 rings (SSSR count). The van der Waals surface area contributed by atoms with E-state index in [2.05, 4.69) is 20.0 Å². The molecule has 0 radical (unpaired) electrons. The number of ether oxygens (including phenoxy) is 1. The van der Waals surface area contributed by atoms with E-state index in [1.165, 1.54) is 0 Å². The third-order valence-electron chi connectivity index (χ3n) is 4.05. The van der Waals surface area contributed by atoms with Gasteiger partial charge in [-0.2, -0.15) is 0 Å². The maximum absolute atomic E-state index is 12.6. The molecule has 0 aliphatic carbocycles. The van der Waals surface area contributed by atoms with Crippen molar-refractivity contribution in [3.05, 3.63) is 72.3 Å². The van der Waals surface area contributed by atoms with Crippen molar-refractivity contribution in [2.24, 2.45) is 0 Å². The normalized spacial score (nSPS) is 11.1. The van der Waals surface area contributed by atoms with Gasteiger partial charge >= 0.3 is 6.36 Å². The van der Waals surface area contributed by atoms with Crippen molar-refractivity contribution in [1.29, 1.82) is 0 Å². The maximum Gasteiger partial charge on any atom is 0.573 e. The van der Waals surface area contributed by atoms with Gasteiger partial charge < -0.3 is 10.1 Å². The molecule has 10 heteroatoms. The van der Waals surface area contributed by atoms with Crippen LogP contribution in [0.3, 0.4) is 0 Å². The van der Waals surface area contributed by atoms with Crippen LogP contribution in [0.15, 0.2) is 60.9 Å². The average Bonchev–Trinajstić information content (AvgIpc) is 2.75. The van der Waals surface area contributed by atoms with Crippen molar-refractivity contribution in [2.75, 3.05) is 11.2 Å². The number of nitrogens with zero attached hydrogens (tertiary/aromatic N) is 2. The zero-order valence-corrected chi connectivity index (χ0v) is 16.6. The van der Waals surface area contributed by atoms with Crippen molar-refractivity contribution in [3.8, 4) is 16.9 Å². The van der Waals surface area contributed by atoms with E-state index in [4.69, 9.17) is 11.6 Å². The fourth-order valence-corrected chi connectivity index (χ4v) is 2.74. The number of hydrogen-bond donors (Lipinski definition) is 1. The highest BCUT2D eigenvalue weighted by Crippen LogP contribution is 2.31. The summed E-state index contributed by atoms with van der Waals surface area (Å²) in [6, 6.07) is 12.6. The molecule has 0 saturated heterocycles. The van der Waals surface area contributed by atoms with E-state index in [0.717, 1.165) is 29.3 Å². The summed E-state index contributed by atoms with van der Waals surface area (Å²) in [5.41, 5.74) is 1.42. The third kappa shape index (κ3) is 6.26. The van der Waals surface area contributed by atoms with Gasteiger partial charge in [-0.3, -0.25) is 9.59 Å². The van der Waals surface area contributed by atoms with Gasteiger partial charge in [0, 0.05) is 23.5 Å². The van der Waals surface area contributed by atoms with Crippen molar-refractivity contribution >= 4 is 29.0 Å². The Bertz CT molecular complexity index is 1070. The smallest absolute Gasteiger partial charge is 0.404 e. The second kappa shape index (κ2) is 9.57. The molecule has 0 aliphatic rings. The number of carbonyl (C=O) groups excluding carboxylic acids is 2. The molecule has 0 bridgehead atoms. The zero-order valence-electron chi connectivity index (χ0n) is 15.8. The molecule has 2 aromatic carbocycles. The number of Topliss-reactive ketones (excluding diaryl/α,β-unsaturated/α-hetero) is 1. The van der Waals surface area contributed by atoms with Crippen LogP contribution in [0.2, 0.25) is 0 Å². The van der Waals surface area contributed by atoms with E-state index >= 15 is 0 Å². The molecule has 1 amide bonds. The van der Waals surface area contributed by atoms with Crippen molar-refractivity contribution in [1.82, 2.24) is 9.97 Å². The molecule has 3 aromatic rings. The van der Waals surface area contributed by atoms with Crippen LogP contribution in [0.25, 0.3) is 11.1 Å². The van der Waals surface area contributed by atoms with Gasteiger partial charge in [0.25, 0.3) is 0 Å². The average molecular weight is 450 g/mol. The summed E-state index contributed by atoms with van der Waals surface area (Å²) in [4.78, 5) is 32.5. The summed E-state index contributed by atoms with van der Waals surface area (Å²) in [5, 5.41) is 2.19. The lowest BCUT2D eigenvalue weighted by Crippen LogP contribution is -2.20. The van der Waals surface area contributed by atoms with E-state index < -0.39 is 29.7 Å². The Balaban J connectivity index is 1.79. The lowest BCUT2D eigenvalue weighted by atomic mass is 10.1. The van der Waals surface area contributed by atoms with Gasteiger partial charge in [-0.05, 0) is 23.8 Å². The summed E-state index contributed by atoms with van der Waals surface area (Å²) in [5.74, 6) is -2.10. The molecule has 1 heterocycles. The number of carbonyl (C=O) groups is 2. The number of amides is 1. The first-order valence-electron chi connectivity index (χ1n) is 8.90. The van der Waals surface area contributed by atoms with Crippen molar-refractivity contribution in [3.63, 3.8) is 0 Å². The molecular weight excluding hydrogens is 435 g/mol. The van der Waals surface area contributed by atoms with Gasteiger partial charge in [-0.25, -0.2) is 9.97 Å². The Morgan fingerprint density at radius 2 is 1.68 bits per heavy atom. The maximum atomic E-state index is 12.6. The first-order valence-corrected chi connectivity index (χ1v) is 9.44. The van der Waals surface area contributed by atoms with Crippen LogP contribution >= 0.6 is 11.6 Å². The van der Waals surface area contributed by atoms with E-state index in [9.17, 15) is 22.8 Å². The van der Waals surface area contributed by atoms with Gasteiger partial charge in [0.2, 0.25) is 5.91 Å². The minimum Gasteiger partial charge on any atom is -0.404 e. The first-order chi connectivity index (χ1) is 14.7. The number of halogens is 4. The summed E-state index contributed by atoms with van der Waals surface area (Å²) < 4.78 is 41.7. The van der Waals surface area contributed by atoms with Gasteiger partial charge in [0.05, 0.1) is 12.1 Å². The van der Waals surface area contributed by atoms with E-state index in [1.807, 2.05) is 30.3 Å². The van der Waals surface area contributed by atoms with Gasteiger partial charge in [0.1, 0.15) is 11.7 Å². The predicted molar refractivity (Wildman–Crippen MR) is 108 cm³/mol. The SMILES string of the molecule is O=C(CCl)Nc1cc(C(=O)Cc2ncc(-c3ccccc3)cn2)ccc1OC(F)(F)F. The Labute approximate surface area is 180 Å². The fraction of sp³-hybridized carbons (Fsp3) is 0.143. The minimum absolute atomic E-state index is 0.0510. The molecule has 1 aromatic heterocycles. The molecule has 0 atom stereocenters. The van der Waals surface area contributed by atoms with Gasteiger partial charge in [0.15, 0.2) is 11.5 Å². The van der Waals surface area contributed by atoms with Gasteiger partial charge in [-0.15, -0.1) is 24.8 Å². The Hall–Kier alpha value is -3.46. The third-order valence-corrected chi connectivity index (χ3v) is 4.30. The summed E-state index contributed by atoms with van der Waals surface area (Å²) in [7, 11) is 0. The standard InChI is InChI=1S/C21H15ClF3N3O3/c22-10-20(30)28-16-8-14(6-7-18(16)31-21(23,24)25)17(29)9-19-26-11-15(12-27-19)13-4-2-1-3-5-13/h1-8,11-12H,9-10H2,(H,28,30). The van der Waals surface area contributed by atoms with Crippen LogP contribution in [0, 0.1) is 0 Å². The Morgan fingerprint density at radius 1 is 1.00 bits per heavy atom. The monoisotopic (exact) mass is 449 g/mol. The number of anilines is 1. The fourth-order valence-electron chi connectivity index (χ4n) is 2.67. The van der Waals surface area contributed by atoms with Crippen LogP contribution < -0.4 is 10.1 Å². The molecule has 160 valence electrons. The van der Waals surface area contributed by atoms with Crippen LogP contribution in [0.5, 0.6) is 5.75 Å². The minimum atomic E-state index is -4.97. The van der Waals surface area contributed by atoms with E-state index in [1.54, 1.807) is 12.4 Å². The number of aromatic nitrogens is 2. The quantitative estimate of drug-likeness (QED) is 0.419. The summed E-state index contributed by atoms with van der Waals surface area (Å²) in [6.07, 6.45) is -1.99. The number of benzene rings is 2. The predicted octanol–water partition coefficient (Wildman–Crippen LogP) is 4.64. The second-order valence-electron chi connectivity index (χ2n) is 6.29. The number of alkyl halides is 4. The van der Waals surface area contributed by atoms with Crippen molar-refractivity contribution in [2.45, 2.75) is 12.8 Å². The highest BCUT2D eigenvalue weighted by molar-refractivity contribution is 6.29. The molecule has 0 saturated carbocycles. The number of nitrogens with one attached hydrogen (secondary N) is 1. The lowest BCUT2D eigenvalue weighted by Gasteiger charge is -2.14. The van der Waals surface area contributed by atoms with Crippen molar-refractivity contribution < 1.29 is 27.5 Å². The van der Waals surface area contributed by atoms with E-state index in [-0.39, 0.29) is 23.5 Å². The van der Waals surface area contributed by atoms with Gasteiger partial charge in [-0.1, -0.05) is 30.3 Å². The van der Waals surface area contributed by atoms with Crippen LogP contribution in [-0.4, -0.2) is 33.9 Å². The Kier molecular flexibility index (Phi) is 6.86. The molecule has 1 N–H and O–H groups in total. The topological polar surface area (TPSA) is 81.2 Å². The zero-order chi connectivity index (χ0) is 22.4. The van der Waals surface area contributed by atoms with Crippen LogP contribution in [0.4, 0.5) is 18.9 Å². The molecule has 0 fully saturated rings. The Morgan fingerprint density at radius 3 is 2.29 bits per heavy atom. The number of hydrogen-bond acceptors (Lipinski definition) is 5. The lowest BCUT2D eigenvalue weighted by molar-refractivity contribution is -0.274. The molecular formula is C21H15ClF3N3O3. The highest BCUT2D eigenvalue weighted by atomic mass is 35.5. The number of ketones is 1. The largest absolute Gasteiger partial charge is 0.573 e. The van der Waals surface area contributed by atoms with E-state index in [0.29, 0.717) is 0 Å². The first kappa shape index (κ1) is 22.2.